The van der Waals surface area contributed by atoms with Crippen molar-refractivity contribution < 1.29 is 22.7 Å². The summed E-state index contributed by atoms with van der Waals surface area (Å²) in [6.45, 7) is 6.64. The highest BCUT2D eigenvalue weighted by molar-refractivity contribution is 7.89. The van der Waals surface area contributed by atoms with Gasteiger partial charge in [-0.15, -0.1) is 0 Å². The molecular formula is C21H24N2O5S. The van der Waals surface area contributed by atoms with Crippen molar-refractivity contribution in [2.75, 3.05) is 18.5 Å². The smallest absolute Gasteiger partial charge is 0.241 e. The van der Waals surface area contributed by atoms with Gasteiger partial charge < -0.3 is 14.8 Å². The van der Waals surface area contributed by atoms with Crippen molar-refractivity contribution in [3.8, 4) is 11.5 Å². The lowest BCUT2D eigenvalue weighted by atomic mass is 9.97. The highest BCUT2D eigenvalue weighted by Gasteiger charge is 2.30. The Morgan fingerprint density at radius 3 is 2.52 bits per heavy atom. The van der Waals surface area contributed by atoms with Crippen molar-refractivity contribution in [1.29, 1.82) is 0 Å². The Balaban J connectivity index is 1.64. The predicted molar refractivity (Wildman–Crippen MR) is 109 cm³/mol. The first-order chi connectivity index (χ1) is 13.8. The van der Waals surface area contributed by atoms with E-state index in [1.165, 1.54) is 6.07 Å². The van der Waals surface area contributed by atoms with Crippen LogP contribution in [0.4, 0.5) is 5.69 Å². The summed E-state index contributed by atoms with van der Waals surface area (Å²) in [5, 5.41) is 2.76. The summed E-state index contributed by atoms with van der Waals surface area (Å²) in [6, 6.07) is 9.77. The quantitative estimate of drug-likeness (QED) is 0.781. The van der Waals surface area contributed by atoms with Crippen LogP contribution in [0.25, 0.3) is 0 Å². The second-order valence-corrected chi connectivity index (χ2v) is 9.42. The predicted octanol–water partition coefficient (Wildman–Crippen LogP) is 3.19. The minimum absolute atomic E-state index is 0.00364. The van der Waals surface area contributed by atoms with E-state index in [2.05, 4.69) is 10.0 Å². The SMILES string of the molecule is CC(C)[C@@H](NS(=O)(=O)c1ccc2c(c1)[C@H](C)C(=O)N2)c1ccc2c(c1)OCCO2. The van der Waals surface area contributed by atoms with Crippen molar-refractivity contribution in [3.63, 3.8) is 0 Å². The van der Waals surface area contributed by atoms with Crippen LogP contribution in [0, 0.1) is 5.92 Å². The lowest BCUT2D eigenvalue weighted by Crippen LogP contribution is -2.32. The number of carbonyl (C=O) groups excluding carboxylic acids is 1. The van der Waals surface area contributed by atoms with Crippen LogP contribution < -0.4 is 19.5 Å². The third kappa shape index (κ3) is 3.70. The summed E-state index contributed by atoms with van der Waals surface area (Å²) in [7, 11) is -3.80. The van der Waals surface area contributed by atoms with Gasteiger partial charge in [0.15, 0.2) is 11.5 Å². The number of hydrogen-bond donors (Lipinski definition) is 2. The van der Waals surface area contributed by atoms with Gasteiger partial charge in [-0.25, -0.2) is 13.1 Å². The van der Waals surface area contributed by atoms with Gasteiger partial charge in [-0.1, -0.05) is 19.9 Å². The monoisotopic (exact) mass is 416 g/mol. The molecule has 154 valence electrons. The van der Waals surface area contributed by atoms with Crippen LogP contribution in [0.5, 0.6) is 11.5 Å². The summed E-state index contributed by atoms with van der Waals surface area (Å²) < 4.78 is 40.3. The molecule has 7 nitrogen and oxygen atoms in total. The third-order valence-corrected chi connectivity index (χ3v) is 6.76. The van der Waals surface area contributed by atoms with Crippen molar-refractivity contribution in [3.05, 3.63) is 47.5 Å². The number of carbonyl (C=O) groups is 1. The Labute approximate surface area is 170 Å². The van der Waals surface area contributed by atoms with E-state index in [4.69, 9.17) is 9.47 Å². The molecule has 0 fully saturated rings. The fourth-order valence-electron chi connectivity index (χ4n) is 3.64. The number of amides is 1. The summed E-state index contributed by atoms with van der Waals surface area (Å²) >= 11 is 0. The molecule has 0 spiro atoms. The molecule has 2 aliphatic rings. The molecule has 0 radical (unpaired) electrons. The van der Waals surface area contributed by atoms with E-state index in [0.29, 0.717) is 36.0 Å². The second-order valence-electron chi connectivity index (χ2n) is 7.71. The molecule has 0 saturated carbocycles. The van der Waals surface area contributed by atoms with Gasteiger partial charge in [0.2, 0.25) is 15.9 Å². The van der Waals surface area contributed by atoms with Gasteiger partial charge in [-0.05, 0) is 54.3 Å². The Kier molecular flexibility index (Phi) is 5.00. The molecule has 0 saturated heterocycles. The van der Waals surface area contributed by atoms with Gasteiger partial charge in [-0.3, -0.25) is 4.79 Å². The van der Waals surface area contributed by atoms with Crippen molar-refractivity contribution in [2.45, 2.75) is 37.6 Å². The maximum Gasteiger partial charge on any atom is 0.241 e. The third-order valence-electron chi connectivity index (χ3n) is 5.33. The van der Waals surface area contributed by atoms with E-state index in [0.717, 1.165) is 5.56 Å². The summed E-state index contributed by atoms with van der Waals surface area (Å²) in [5.74, 6) is 0.784. The number of ether oxygens (including phenoxy) is 2. The van der Waals surface area contributed by atoms with Crippen LogP contribution in [0.1, 0.15) is 43.9 Å². The molecule has 2 aliphatic heterocycles. The van der Waals surface area contributed by atoms with Crippen LogP contribution in [0.3, 0.4) is 0 Å². The molecule has 0 bridgehead atoms. The zero-order chi connectivity index (χ0) is 20.8. The topological polar surface area (TPSA) is 93.7 Å². The lowest BCUT2D eigenvalue weighted by molar-refractivity contribution is -0.116. The maximum atomic E-state index is 13.1. The van der Waals surface area contributed by atoms with E-state index >= 15 is 0 Å². The zero-order valence-corrected chi connectivity index (χ0v) is 17.4. The number of rotatable bonds is 5. The van der Waals surface area contributed by atoms with Gasteiger partial charge in [0.1, 0.15) is 13.2 Å². The van der Waals surface area contributed by atoms with E-state index < -0.39 is 16.1 Å². The zero-order valence-electron chi connectivity index (χ0n) is 16.6. The van der Waals surface area contributed by atoms with Gasteiger partial charge in [0, 0.05) is 11.7 Å². The molecule has 2 aromatic carbocycles. The highest BCUT2D eigenvalue weighted by Crippen LogP contribution is 2.36. The largest absolute Gasteiger partial charge is 0.486 e. The molecule has 2 heterocycles. The minimum atomic E-state index is -3.80. The van der Waals surface area contributed by atoms with Gasteiger partial charge >= 0.3 is 0 Å². The number of sulfonamides is 1. The van der Waals surface area contributed by atoms with Gasteiger partial charge in [0.25, 0.3) is 0 Å². The standard InChI is InChI=1S/C21H24N2O5S/c1-12(2)20(14-4-7-18-19(10-14)28-9-8-27-18)23-29(25,26)15-5-6-17-16(11-15)13(3)21(24)22-17/h4-7,10-13,20,23H,8-9H2,1-3H3,(H,22,24)/t13-,20+/m0/s1. The normalized spacial score (nSPS) is 19.0. The summed E-state index contributed by atoms with van der Waals surface area (Å²) in [4.78, 5) is 12.0. The molecule has 2 N–H and O–H groups in total. The number of benzene rings is 2. The average Bonchev–Trinajstić information content (AvgIpc) is 2.99. The van der Waals surface area contributed by atoms with E-state index in [-0.39, 0.29) is 22.6 Å². The first-order valence-corrected chi connectivity index (χ1v) is 11.1. The van der Waals surface area contributed by atoms with Crippen molar-refractivity contribution >= 4 is 21.6 Å². The molecule has 0 aromatic heterocycles. The van der Waals surface area contributed by atoms with Crippen molar-refractivity contribution in [1.82, 2.24) is 4.72 Å². The Morgan fingerprint density at radius 2 is 1.79 bits per heavy atom. The van der Waals surface area contributed by atoms with Crippen LogP contribution in [0.2, 0.25) is 0 Å². The van der Waals surface area contributed by atoms with Crippen LogP contribution in [-0.2, 0) is 14.8 Å². The van der Waals surface area contributed by atoms with Crippen molar-refractivity contribution in [2.24, 2.45) is 5.92 Å². The molecule has 1 amide bonds. The van der Waals surface area contributed by atoms with E-state index in [9.17, 15) is 13.2 Å². The van der Waals surface area contributed by atoms with Crippen LogP contribution >= 0.6 is 0 Å². The Morgan fingerprint density at radius 1 is 1.07 bits per heavy atom. The molecule has 0 aliphatic carbocycles. The lowest BCUT2D eigenvalue weighted by Gasteiger charge is -2.25. The van der Waals surface area contributed by atoms with Crippen LogP contribution in [0.15, 0.2) is 41.3 Å². The second kappa shape index (κ2) is 7.35. The molecular weight excluding hydrogens is 392 g/mol. The highest BCUT2D eigenvalue weighted by atomic mass is 32.2. The molecule has 2 atom stereocenters. The first kappa shape index (κ1) is 19.7. The number of anilines is 1. The van der Waals surface area contributed by atoms with Crippen LogP contribution in [-0.4, -0.2) is 27.5 Å². The molecule has 2 aromatic rings. The summed E-state index contributed by atoms with van der Waals surface area (Å²) in [6.07, 6.45) is 0. The molecule has 4 rings (SSSR count). The Bertz CT molecular complexity index is 1060. The molecule has 29 heavy (non-hydrogen) atoms. The number of nitrogens with one attached hydrogen (secondary N) is 2. The Hall–Kier alpha value is -2.58. The molecule has 8 heteroatoms. The van der Waals surface area contributed by atoms with Gasteiger partial charge in [-0.2, -0.15) is 0 Å². The maximum absolute atomic E-state index is 13.1. The minimum Gasteiger partial charge on any atom is -0.486 e. The van der Waals surface area contributed by atoms with Gasteiger partial charge in [0.05, 0.1) is 10.8 Å². The number of fused-ring (bicyclic) bond motifs is 2. The van der Waals surface area contributed by atoms with E-state index in [1.54, 1.807) is 19.1 Å². The summed E-state index contributed by atoms with van der Waals surface area (Å²) in [5.41, 5.74) is 2.16. The number of hydrogen-bond acceptors (Lipinski definition) is 5. The fraction of sp³-hybridized carbons (Fsp3) is 0.381. The fourth-order valence-corrected chi connectivity index (χ4v) is 5.05. The average molecular weight is 416 g/mol. The van der Waals surface area contributed by atoms with E-state index in [1.807, 2.05) is 32.0 Å². The molecule has 0 unspecified atom stereocenters. The first-order valence-electron chi connectivity index (χ1n) is 9.63.